The minimum atomic E-state index is 0.906. The normalized spacial score (nSPS) is 11.6. The first-order chi connectivity index (χ1) is 46.6. The number of furan rings is 2. The van der Waals surface area contributed by atoms with Gasteiger partial charge in [-0.3, -0.25) is 0 Å². The Balaban J connectivity index is 0.000000140. The zero-order valence-electron chi connectivity index (χ0n) is 51.3. The van der Waals surface area contributed by atoms with Gasteiger partial charge in [0.15, 0.2) is 0 Å². The van der Waals surface area contributed by atoms with Gasteiger partial charge >= 0.3 is 0 Å². The van der Waals surface area contributed by atoms with Crippen molar-refractivity contribution in [1.82, 2.24) is 0 Å². The Bertz CT molecular complexity index is 6110. The number of hydrogen-bond donors (Lipinski definition) is 0. The van der Waals surface area contributed by atoms with E-state index in [1.807, 2.05) is 12.1 Å². The minimum Gasteiger partial charge on any atom is -0.456 e. The fraction of sp³-hybridized carbons (Fsp3) is 0. The zero-order chi connectivity index (χ0) is 62.1. The third kappa shape index (κ3) is 9.26. The lowest BCUT2D eigenvalue weighted by atomic mass is 9.83. The summed E-state index contributed by atoms with van der Waals surface area (Å²) in [4.78, 5) is 0. The number of hydrogen-bond acceptors (Lipinski definition) is 2. The molecule has 0 amide bonds. The van der Waals surface area contributed by atoms with Crippen LogP contribution < -0.4 is 0 Å². The lowest BCUT2D eigenvalue weighted by Crippen LogP contribution is -1.92. The van der Waals surface area contributed by atoms with Gasteiger partial charge in [-0.15, -0.1) is 0 Å². The second kappa shape index (κ2) is 22.8. The monoisotopic (exact) mass is 1190 g/mol. The lowest BCUT2D eigenvalue weighted by molar-refractivity contribution is 0.668. The van der Waals surface area contributed by atoms with E-state index in [1.165, 1.54) is 143 Å². The van der Waals surface area contributed by atoms with Crippen LogP contribution in [-0.2, 0) is 0 Å². The molecule has 0 saturated heterocycles. The topological polar surface area (TPSA) is 26.3 Å². The molecule has 0 aliphatic heterocycles. The summed E-state index contributed by atoms with van der Waals surface area (Å²) in [5.41, 5.74) is 23.1. The molecule has 2 nitrogen and oxygen atoms in total. The average molecular weight is 1200 g/mol. The zero-order valence-corrected chi connectivity index (χ0v) is 51.3. The Morgan fingerprint density at radius 1 is 0.149 bits per heavy atom. The molecule has 19 aromatic rings. The van der Waals surface area contributed by atoms with E-state index < -0.39 is 0 Å². The molecule has 94 heavy (non-hydrogen) atoms. The van der Waals surface area contributed by atoms with Crippen molar-refractivity contribution >= 4 is 97.7 Å². The molecule has 19 rings (SSSR count). The molecule has 0 atom stereocenters. The van der Waals surface area contributed by atoms with Crippen molar-refractivity contribution < 1.29 is 8.83 Å². The van der Waals surface area contributed by atoms with E-state index in [2.05, 4.69) is 340 Å². The summed E-state index contributed by atoms with van der Waals surface area (Å²) in [6.07, 6.45) is 0. The molecule has 2 heterocycles. The Morgan fingerprint density at radius 2 is 0.436 bits per heavy atom. The maximum absolute atomic E-state index is 6.32. The molecule has 0 aliphatic rings. The molecule has 0 unspecified atom stereocenters. The fourth-order valence-corrected chi connectivity index (χ4v) is 14.9. The summed E-state index contributed by atoms with van der Waals surface area (Å²) in [7, 11) is 0. The molecule has 2 aromatic heterocycles. The summed E-state index contributed by atoms with van der Waals surface area (Å²) in [5.74, 6) is 0. The largest absolute Gasteiger partial charge is 0.456 e. The predicted octanol–water partition coefficient (Wildman–Crippen LogP) is 26.3. The maximum atomic E-state index is 6.32. The number of benzene rings is 17. The van der Waals surface area contributed by atoms with Crippen molar-refractivity contribution in [3.63, 3.8) is 0 Å². The smallest absolute Gasteiger partial charge is 0.136 e. The van der Waals surface area contributed by atoms with E-state index in [4.69, 9.17) is 8.83 Å². The van der Waals surface area contributed by atoms with Crippen molar-refractivity contribution in [2.24, 2.45) is 0 Å². The molecule has 0 spiro atoms. The van der Waals surface area contributed by atoms with E-state index in [0.717, 1.165) is 43.9 Å². The molecule has 0 saturated carbocycles. The van der Waals surface area contributed by atoms with Crippen LogP contribution in [0.15, 0.2) is 361 Å². The van der Waals surface area contributed by atoms with Crippen molar-refractivity contribution in [3.05, 3.63) is 352 Å². The molecule has 0 radical (unpaired) electrons. The second-order valence-electron chi connectivity index (χ2n) is 24.4. The average Bonchev–Trinajstić information content (AvgIpc) is 0.864. The van der Waals surface area contributed by atoms with E-state index in [9.17, 15) is 0 Å². The molecule has 17 aromatic carbocycles. The van der Waals surface area contributed by atoms with Crippen LogP contribution in [0, 0.1) is 0 Å². The van der Waals surface area contributed by atoms with E-state index in [0.29, 0.717) is 0 Å². The molecule has 438 valence electrons. The van der Waals surface area contributed by atoms with Crippen molar-refractivity contribution in [1.29, 1.82) is 0 Å². The molecular formula is C92H58O2. The first kappa shape index (κ1) is 54.6. The van der Waals surface area contributed by atoms with Crippen LogP contribution in [0.25, 0.3) is 187 Å². The van der Waals surface area contributed by atoms with Gasteiger partial charge in [0.2, 0.25) is 0 Å². The molecular weight excluding hydrogens is 1140 g/mol. The van der Waals surface area contributed by atoms with Gasteiger partial charge in [0, 0.05) is 21.5 Å². The van der Waals surface area contributed by atoms with Gasteiger partial charge in [0.25, 0.3) is 0 Å². The standard InChI is InChI=1S/C50H32O.C42H26O/c1-3-12-33(13-4-1)35-22-26-37(27-23-35)48-41-16-7-8-17-42(41)49(38-28-24-36(25-29-38)34-14-5-2-6-15-34)45-32-39(30-31-43(45)48)40-19-11-21-47-50(40)44-18-9-10-20-46(44)51-47;1-2-13-28(14-3-1)40-33-17-6-7-18-34(33)41(32-21-10-15-27-12-4-5-16-30(27)32)35-25-24-29(26-37(35)40)31-20-11-23-39-42(31)36-19-8-9-22-38(36)43-39/h1-32H;1-26H. The molecule has 0 aliphatic carbocycles. The van der Waals surface area contributed by atoms with Crippen LogP contribution in [0.3, 0.4) is 0 Å². The van der Waals surface area contributed by atoms with E-state index in [-0.39, 0.29) is 0 Å². The second-order valence-corrected chi connectivity index (χ2v) is 24.4. The highest BCUT2D eigenvalue weighted by molar-refractivity contribution is 6.26. The number of para-hydroxylation sites is 2. The van der Waals surface area contributed by atoms with Gasteiger partial charge in [0.05, 0.1) is 0 Å². The third-order valence-electron chi connectivity index (χ3n) is 19.2. The first-order valence-corrected chi connectivity index (χ1v) is 32.3. The molecule has 0 bridgehead atoms. The van der Waals surface area contributed by atoms with Gasteiger partial charge in [-0.2, -0.15) is 0 Å². The van der Waals surface area contributed by atoms with Gasteiger partial charge in [-0.05, 0) is 179 Å². The first-order valence-electron chi connectivity index (χ1n) is 32.3. The molecule has 0 fully saturated rings. The Morgan fingerprint density at radius 3 is 0.915 bits per heavy atom. The number of rotatable bonds is 8. The van der Waals surface area contributed by atoms with Gasteiger partial charge in [0.1, 0.15) is 22.3 Å². The summed E-state index contributed by atoms with van der Waals surface area (Å²) < 4.78 is 12.6. The Hall–Kier alpha value is -12.4. The van der Waals surface area contributed by atoms with Gasteiger partial charge < -0.3 is 8.83 Å². The highest BCUT2D eigenvalue weighted by Gasteiger charge is 2.23. The third-order valence-corrected chi connectivity index (χ3v) is 19.2. The van der Waals surface area contributed by atoms with Crippen LogP contribution in [0.1, 0.15) is 0 Å². The minimum absolute atomic E-state index is 0.906. The lowest BCUT2D eigenvalue weighted by Gasteiger charge is -2.19. The Labute approximate surface area is 544 Å². The quantitative estimate of drug-likeness (QED) is 0.142. The van der Waals surface area contributed by atoms with Crippen LogP contribution >= 0.6 is 0 Å². The van der Waals surface area contributed by atoms with Crippen LogP contribution in [0.5, 0.6) is 0 Å². The van der Waals surface area contributed by atoms with Gasteiger partial charge in [-0.1, -0.05) is 315 Å². The highest BCUT2D eigenvalue weighted by atomic mass is 16.3. The summed E-state index contributed by atoms with van der Waals surface area (Å²) in [5, 5.41) is 17.1. The highest BCUT2D eigenvalue weighted by Crippen LogP contribution is 2.50. The maximum Gasteiger partial charge on any atom is 0.136 e. The predicted molar refractivity (Wildman–Crippen MR) is 398 cm³/mol. The Kier molecular flexibility index (Phi) is 13.3. The number of fused-ring (bicyclic) bond motifs is 11. The molecule has 0 N–H and O–H groups in total. The fourth-order valence-electron chi connectivity index (χ4n) is 14.9. The van der Waals surface area contributed by atoms with Gasteiger partial charge in [-0.25, -0.2) is 0 Å². The van der Waals surface area contributed by atoms with Crippen LogP contribution in [0.2, 0.25) is 0 Å². The van der Waals surface area contributed by atoms with Crippen molar-refractivity contribution in [3.8, 4) is 89.0 Å². The van der Waals surface area contributed by atoms with Crippen LogP contribution in [-0.4, -0.2) is 0 Å². The van der Waals surface area contributed by atoms with Crippen molar-refractivity contribution in [2.75, 3.05) is 0 Å². The summed E-state index contributed by atoms with van der Waals surface area (Å²) >= 11 is 0. The van der Waals surface area contributed by atoms with Crippen LogP contribution in [0.4, 0.5) is 0 Å². The summed E-state index contributed by atoms with van der Waals surface area (Å²) in [6.45, 7) is 0. The van der Waals surface area contributed by atoms with Crippen molar-refractivity contribution in [2.45, 2.75) is 0 Å². The SMILES string of the molecule is c1ccc(-c2c3ccccc3c(-c3cccc4ccccc34)c3ccc(-c4cccc5oc6ccccc6c45)cc23)cc1.c1ccc(-c2ccc(-c3c4ccccc4c(-c4ccc(-c5ccccc5)cc4)c4cc(-c5cccc6oc7ccccc7c56)ccc34)cc2)cc1. The van der Waals surface area contributed by atoms with E-state index >= 15 is 0 Å². The molecule has 2 heteroatoms. The van der Waals surface area contributed by atoms with E-state index in [1.54, 1.807) is 0 Å². The summed E-state index contributed by atoms with van der Waals surface area (Å²) in [6, 6.07) is 127.